The first-order chi connectivity index (χ1) is 10.3. The fraction of sp³-hybridized carbons (Fsp3) is 0.353. The number of rotatable bonds is 8. The summed E-state index contributed by atoms with van der Waals surface area (Å²) in [5.41, 5.74) is 8.22. The lowest BCUT2D eigenvalue weighted by Crippen LogP contribution is -2.18. The Kier molecular flexibility index (Phi) is 12.3. The maximum atomic E-state index is 5.99. The fourth-order valence-electron chi connectivity index (χ4n) is 2.02. The van der Waals surface area contributed by atoms with E-state index in [-0.39, 0.29) is 34.0 Å². The molecule has 0 unspecified atom stereocenters. The first-order valence-electron chi connectivity index (χ1n) is 7.47. The number of nitrogens with zero attached hydrogens (tertiary/aromatic N) is 1. The summed E-state index contributed by atoms with van der Waals surface area (Å²) >= 11 is 1.61. The van der Waals surface area contributed by atoms with Crippen molar-refractivity contribution in [3.8, 4) is 0 Å². The van der Waals surface area contributed by atoms with Gasteiger partial charge in [0.2, 0.25) is 0 Å². The van der Waals surface area contributed by atoms with E-state index < -0.39 is 0 Å². The number of nitrogens with two attached hydrogens (primary N) is 1. The highest BCUT2D eigenvalue weighted by Crippen LogP contribution is 2.16. The third-order valence-corrected chi connectivity index (χ3v) is 4.15. The fourth-order valence-corrected chi connectivity index (χ4v) is 2.64. The van der Waals surface area contributed by atoms with E-state index in [0.717, 1.165) is 30.1 Å². The van der Waals surface area contributed by atoms with Crippen molar-refractivity contribution in [2.24, 2.45) is 10.7 Å². The van der Waals surface area contributed by atoms with Crippen molar-refractivity contribution < 1.29 is 0 Å². The van der Waals surface area contributed by atoms with Gasteiger partial charge >= 0.3 is 0 Å². The lowest BCUT2D eigenvalue weighted by atomic mass is 10.1. The molecule has 23 heavy (non-hydrogen) atoms. The van der Waals surface area contributed by atoms with Gasteiger partial charge in [-0.25, -0.2) is 4.99 Å². The highest BCUT2D eigenvalue weighted by Gasteiger charge is 2.00. The minimum atomic E-state index is 0. The van der Waals surface area contributed by atoms with Gasteiger partial charge < -0.3 is 11.1 Å². The molecule has 0 aliphatic rings. The summed E-state index contributed by atoms with van der Waals surface area (Å²) in [7, 11) is 0. The molecule has 6 heteroatoms. The number of nitrogens with one attached hydrogen (secondary N) is 1. The maximum Gasteiger partial charge on any atom is 0.141 e. The van der Waals surface area contributed by atoms with E-state index in [1.54, 1.807) is 11.3 Å². The average molecular weight is 463 g/mol. The lowest BCUT2D eigenvalue weighted by Gasteiger charge is -2.04. The lowest BCUT2D eigenvalue weighted by molar-refractivity contribution is 0.640. The van der Waals surface area contributed by atoms with Crippen molar-refractivity contribution in [1.82, 2.24) is 5.32 Å². The molecule has 1 heterocycles. The van der Waals surface area contributed by atoms with Gasteiger partial charge in [-0.1, -0.05) is 31.5 Å². The van der Waals surface area contributed by atoms with Gasteiger partial charge in [0, 0.05) is 0 Å². The van der Waals surface area contributed by atoms with E-state index >= 15 is 0 Å². The maximum absolute atomic E-state index is 5.99. The van der Waals surface area contributed by atoms with E-state index in [1.165, 1.54) is 18.4 Å². The van der Waals surface area contributed by atoms with Crippen molar-refractivity contribution in [2.75, 3.05) is 13.1 Å². The molecule has 0 amide bonds. The van der Waals surface area contributed by atoms with Crippen LogP contribution in [-0.2, 0) is 6.42 Å². The number of hydrogen-bond donors (Lipinski definition) is 2. The van der Waals surface area contributed by atoms with Crippen LogP contribution in [0.1, 0.15) is 30.2 Å². The first-order valence-corrected chi connectivity index (χ1v) is 8.35. The Morgan fingerprint density at radius 1 is 1.13 bits per heavy atom. The summed E-state index contributed by atoms with van der Waals surface area (Å²) in [4.78, 5) is 5.47. The largest absolute Gasteiger partial charge is 0.383 e. The van der Waals surface area contributed by atoms with Gasteiger partial charge in [0.15, 0.2) is 0 Å². The zero-order valence-corrected chi connectivity index (χ0v) is 17.6. The summed E-state index contributed by atoms with van der Waals surface area (Å²) in [6, 6.07) is 12.3. The van der Waals surface area contributed by atoms with Gasteiger partial charge in [-0.3, -0.25) is 0 Å². The standard InChI is InChI=1S/C17H23N3S.2BrH/c1-2-3-11-19-12-10-14-6-8-15(9-7-14)20-17(18)16-5-4-13-21-16;;/h4-9,13,19H,2-3,10-12H2,1H3,(H2,18,20);2*1H. The van der Waals surface area contributed by atoms with Crippen molar-refractivity contribution in [3.05, 3.63) is 52.2 Å². The van der Waals surface area contributed by atoms with Gasteiger partial charge in [0.05, 0.1) is 10.6 Å². The molecule has 0 aliphatic heterocycles. The van der Waals surface area contributed by atoms with E-state index in [0.29, 0.717) is 5.84 Å². The van der Waals surface area contributed by atoms with E-state index in [1.807, 2.05) is 29.6 Å². The predicted octanol–water partition coefficient (Wildman–Crippen LogP) is 4.87. The molecule has 0 bridgehead atoms. The Morgan fingerprint density at radius 3 is 2.48 bits per heavy atom. The Morgan fingerprint density at radius 2 is 1.87 bits per heavy atom. The van der Waals surface area contributed by atoms with E-state index in [9.17, 15) is 0 Å². The Bertz CT molecular complexity index is 554. The van der Waals surface area contributed by atoms with E-state index in [2.05, 4.69) is 29.4 Å². The Balaban J connectivity index is 0.00000242. The minimum Gasteiger partial charge on any atom is -0.383 e. The molecule has 3 N–H and O–H groups in total. The Hall–Kier alpha value is -0.690. The molecule has 0 atom stereocenters. The highest BCUT2D eigenvalue weighted by molar-refractivity contribution is 8.93. The molecule has 0 aliphatic carbocycles. The van der Waals surface area contributed by atoms with Gasteiger partial charge in [-0.05, 0) is 55.1 Å². The van der Waals surface area contributed by atoms with Gasteiger partial charge in [0.25, 0.3) is 0 Å². The molecule has 0 saturated heterocycles. The number of aliphatic imine (C=N–C) groups is 1. The number of unbranched alkanes of at least 4 members (excludes halogenated alkanes) is 1. The number of benzene rings is 1. The van der Waals surface area contributed by atoms with Crippen LogP contribution < -0.4 is 11.1 Å². The van der Waals surface area contributed by atoms with Crippen LogP contribution >= 0.6 is 45.3 Å². The van der Waals surface area contributed by atoms with Crippen molar-refractivity contribution in [2.45, 2.75) is 26.2 Å². The Labute approximate surface area is 163 Å². The molecule has 2 aromatic rings. The smallest absolute Gasteiger partial charge is 0.141 e. The molecule has 0 spiro atoms. The normalized spacial score (nSPS) is 10.7. The summed E-state index contributed by atoms with van der Waals surface area (Å²) in [6.45, 7) is 4.35. The molecule has 0 radical (unpaired) electrons. The van der Waals surface area contributed by atoms with Crippen LogP contribution in [0.25, 0.3) is 0 Å². The second-order valence-corrected chi connectivity index (χ2v) is 5.94. The van der Waals surface area contributed by atoms with Crippen molar-refractivity contribution in [3.63, 3.8) is 0 Å². The van der Waals surface area contributed by atoms with Crippen LogP contribution in [0, 0.1) is 0 Å². The summed E-state index contributed by atoms with van der Waals surface area (Å²) in [6.07, 6.45) is 3.54. The summed E-state index contributed by atoms with van der Waals surface area (Å²) < 4.78 is 0. The number of amidine groups is 1. The molecule has 0 fully saturated rings. The van der Waals surface area contributed by atoms with Crippen molar-refractivity contribution >= 4 is 56.8 Å². The van der Waals surface area contributed by atoms with Crippen LogP contribution in [-0.4, -0.2) is 18.9 Å². The second-order valence-electron chi connectivity index (χ2n) is 4.99. The quantitative estimate of drug-likeness (QED) is 0.334. The third-order valence-electron chi connectivity index (χ3n) is 3.26. The van der Waals surface area contributed by atoms with Crippen LogP contribution in [0.2, 0.25) is 0 Å². The van der Waals surface area contributed by atoms with Crippen LogP contribution in [0.5, 0.6) is 0 Å². The average Bonchev–Trinajstić information content (AvgIpc) is 3.03. The first kappa shape index (κ1) is 22.3. The van der Waals surface area contributed by atoms with Crippen LogP contribution in [0.3, 0.4) is 0 Å². The molecule has 2 rings (SSSR count). The van der Waals surface area contributed by atoms with Crippen LogP contribution in [0.15, 0.2) is 46.8 Å². The molecule has 1 aromatic heterocycles. The predicted molar refractivity (Wildman–Crippen MR) is 113 cm³/mol. The topological polar surface area (TPSA) is 50.4 Å². The summed E-state index contributed by atoms with van der Waals surface area (Å²) in [5, 5.41) is 5.46. The van der Waals surface area contributed by atoms with E-state index in [4.69, 9.17) is 5.73 Å². The zero-order valence-electron chi connectivity index (χ0n) is 13.3. The highest BCUT2D eigenvalue weighted by atomic mass is 79.9. The number of thiophene rings is 1. The molecular formula is C17H25Br2N3S. The number of halogens is 2. The van der Waals surface area contributed by atoms with Gasteiger partial charge in [0.1, 0.15) is 5.84 Å². The molecule has 128 valence electrons. The monoisotopic (exact) mass is 461 g/mol. The van der Waals surface area contributed by atoms with Gasteiger partial charge in [-0.2, -0.15) is 0 Å². The third kappa shape index (κ3) is 8.11. The van der Waals surface area contributed by atoms with Gasteiger partial charge in [-0.15, -0.1) is 45.3 Å². The second kappa shape index (κ2) is 12.7. The van der Waals surface area contributed by atoms with Crippen molar-refractivity contribution in [1.29, 1.82) is 0 Å². The minimum absolute atomic E-state index is 0. The zero-order chi connectivity index (χ0) is 14.9. The van der Waals surface area contributed by atoms with Crippen LogP contribution in [0.4, 0.5) is 5.69 Å². The molecule has 3 nitrogen and oxygen atoms in total. The molecule has 0 saturated carbocycles. The SMILES string of the molecule is Br.Br.CCCCNCCc1ccc(N=C(N)c2cccs2)cc1. The summed E-state index contributed by atoms with van der Waals surface area (Å²) in [5.74, 6) is 0.582. The molecule has 1 aromatic carbocycles. The molecular weight excluding hydrogens is 438 g/mol. The number of hydrogen-bond acceptors (Lipinski definition) is 3.